The van der Waals surface area contributed by atoms with Gasteiger partial charge >= 0.3 is 0 Å². The lowest BCUT2D eigenvalue weighted by molar-refractivity contribution is 0.112. The minimum Gasteiger partial charge on any atom is -0.331 e. The highest BCUT2D eigenvalue weighted by Gasteiger charge is 2.32. The normalized spacial score (nSPS) is 24.4. The zero-order valence-electron chi connectivity index (χ0n) is 13.5. The van der Waals surface area contributed by atoms with Crippen LogP contribution in [0.5, 0.6) is 0 Å². The Bertz CT molecular complexity index is 399. The van der Waals surface area contributed by atoms with E-state index >= 15 is 0 Å². The predicted molar refractivity (Wildman–Crippen MR) is 83.9 cm³/mol. The maximum Gasteiger partial charge on any atom is 0.0951 e. The van der Waals surface area contributed by atoms with Gasteiger partial charge in [0.05, 0.1) is 18.1 Å². The fraction of sp³-hybridized carbons (Fsp3) is 0.812. The van der Waals surface area contributed by atoms with E-state index in [1.54, 1.807) is 0 Å². The smallest absolute Gasteiger partial charge is 0.0951 e. The van der Waals surface area contributed by atoms with Crippen molar-refractivity contribution >= 4 is 0 Å². The molecule has 0 spiro atoms. The van der Waals surface area contributed by atoms with Gasteiger partial charge in [0, 0.05) is 12.2 Å². The van der Waals surface area contributed by atoms with Crippen LogP contribution < -0.4 is 5.32 Å². The summed E-state index contributed by atoms with van der Waals surface area (Å²) in [6.07, 6.45) is 7.88. The Kier molecular flexibility index (Phi) is 5.61. The highest BCUT2D eigenvalue weighted by atomic mass is 15.2. The molecule has 2 heterocycles. The molecule has 0 bridgehead atoms. The first-order valence-electron chi connectivity index (χ1n) is 8.07. The summed E-state index contributed by atoms with van der Waals surface area (Å²) in [5.74, 6) is 0.689. The van der Waals surface area contributed by atoms with E-state index in [1.807, 2.05) is 6.33 Å². The number of aromatic nitrogens is 2. The van der Waals surface area contributed by atoms with Crippen LogP contribution in [0.3, 0.4) is 0 Å². The van der Waals surface area contributed by atoms with Gasteiger partial charge < -0.3 is 9.88 Å². The minimum absolute atomic E-state index is 0.479. The summed E-state index contributed by atoms with van der Waals surface area (Å²) < 4.78 is 2.33. The van der Waals surface area contributed by atoms with Crippen LogP contribution in [0.2, 0.25) is 0 Å². The van der Waals surface area contributed by atoms with Crippen LogP contribution >= 0.6 is 0 Å². The van der Waals surface area contributed by atoms with E-state index in [0.717, 1.165) is 13.1 Å². The van der Waals surface area contributed by atoms with Crippen molar-refractivity contribution in [3.8, 4) is 0 Å². The summed E-state index contributed by atoms with van der Waals surface area (Å²) in [6.45, 7) is 10.1. The van der Waals surface area contributed by atoms with Crippen molar-refractivity contribution in [2.75, 3.05) is 26.7 Å². The van der Waals surface area contributed by atoms with E-state index in [2.05, 4.69) is 53.8 Å². The van der Waals surface area contributed by atoms with Crippen LogP contribution in [-0.2, 0) is 0 Å². The van der Waals surface area contributed by atoms with Gasteiger partial charge in [0.2, 0.25) is 0 Å². The molecule has 0 amide bonds. The van der Waals surface area contributed by atoms with Crippen LogP contribution in [0.1, 0.15) is 57.8 Å². The molecule has 1 aliphatic rings. The average Bonchev–Trinajstić information content (AvgIpc) is 2.88. The molecule has 4 heteroatoms. The quantitative estimate of drug-likeness (QED) is 0.812. The van der Waals surface area contributed by atoms with Gasteiger partial charge in [0.1, 0.15) is 0 Å². The van der Waals surface area contributed by atoms with Gasteiger partial charge in [0.15, 0.2) is 0 Å². The van der Waals surface area contributed by atoms with Gasteiger partial charge in [-0.05, 0) is 65.7 Å². The molecular weight excluding hydrogens is 248 g/mol. The van der Waals surface area contributed by atoms with E-state index in [1.165, 1.54) is 31.5 Å². The first-order valence-corrected chi connectivity index (χ1v) is 8.07. The SMILES string of the molecule is CCCNCC1CCCN(C)C1c1cncn1C(C)C. The summed E-state index contributed by atoms with van der Waals surface area (Å²) >= 11 is 0. The number of nitrogens with one attached hydrogen (secondary N) is 1. The Balaban J connectivity index is 2.16. The Morgan fingerprint density at radius 1 is 1.45 bits per heavy atom. The summed E-state index contributed by atoms with van der Waals surface area (Å²) in [4.78, 5) is 6.91. The second-order valence-corrected chi connectivity index (χ2v) is 6.35. The van der Waals surface area contributed by atoms with Crippen molar-refractivity contribution in [2.24, 2.45) is 5.92 Å². The van der Waals surface area contributed by atoms with Gasteiger partial charge in [-0.1, -0.05) is 6.92 Å². The molecule has 1 aromatic heterocycles. The van der Waals surface area contributed by atoms with Crippen LogP contribution in [-0.4, -0.2) is 41.1 Å². The van der Waals surface area contributed by atoms with Crippen LogP contribution in [0.15, 0.2) is 12.5 Å². The molecule has 0 radical (unpaired) electrons. The lowest BCUT2D eigenvalue weighted by Gasteiger charge is -2.40. The highest BCUT2D eigenvalue weighted by molar-refractivity contribution is 5.10. The zero-order valence-corrected chi connectivity index (χ0v) is 13.5. The predicted octanol–water partition coefficient (Wildman–Crippen LogP) is 2.85. The summed E-state index contributed by atoms with van der Waals surface area (Å²) in [5, 5.41) is 3.61. The monoisotopic (exact) mass is 278 g/mol. The van der Waals surface area contributed by atoms with E-state index in [-0.39, 0.29) is 0 Å². The molecule has 0 saturated carbocycles. The number of piperidine rings is 1. The van der Waals surface area contributed by atoms with Crippen molar-refractivity contribution in [1.29, 1.82) is 0 Å². The molecule has 2 unspecified atom stereocenters. The standard InChI is InChI=1S/C16H30N4/c1-5-8-17-10-14-7-6-9-19(4)16(14)15-11-18-12-20(15)13(2)3/h11-14,16-17H,5-10H2,1-4H3. The van der Waals surface area contributed by atoms with E-state index in [4.69, 9.17) is 0 Å². The van der Waals surface area contributed by atoms with Crippen LogP contribution in [0.4, 0.5) is 0 Å². The topological polar surface area (TPSA) is 33.1 Å². The Labute approximate surface area is 123 Å². The van der Waals surface area contributed by atoms with Gasteiger partial charge in [-0.15, -0.1) is 0 Å². The number of hydrogen-bond acceptors (Lipinski definition) is 3. The zero-order chi connectivity index (χ0) is 14.5. The third-order valence-corrected chi connectivity index (χ3v) is 4.40. The molecule has 1 N–H and O–H groups in total. The molecule has 1 aromatic rings. The van der Waals surface area contributed by atoms with Crippen molar-refractivity contribution in [2.45, 2.75) is 52.1 Å². The first kappa shape index (κ1) is 15.5. The minimum atomic E-state index is 0.479. The maximum atomic E-state index is 4.40. The number of imidazole rings is 1. The molecule has 4 nitrogen and oxygen atoms in total. The summed E-state index contributed by atoms with van der Waals surface area (Å²) in [7, 11) is 2.26. The van der Waals surface area contributed by atoms with E-state index in [0.29, 0.717) is 18.0 Å². The van der Waals surface area contributed by atoms with Crippen LogP contribution in [0.25, 0.3) is 0 Å². The third-order valence-electron chi connectivity index (χ3n) is 4.40. The van der Waals surface area contributed by atoms with Crippen LogP contribution in [0, 0.1) is 5.92 Å². The molecule has 0 aliphatic carbocycles. The fourth-order valence-corrected chi connectivity index (χ4v) is 3.38. The van der Waals surface area contributed by atoms with E-state index < -0.39 is 0 Å². The van der Waals surface area contributed by atoms with Gasteiger partial charge in [-0.25, -0.2) is 4.98 Å². The lowest BCUT2D eigenvalue weighted by Crippen LogP contribution is -2.41. The maximum absolute atomic E-state index is 4.40. The fourth-order valence-electron chi connectivity index (χ4n) is 3.38. The third kappa shape index (κ3) is 3.41. The molecule has 1 aliphatic heterocycles. The van der Waals surface area contributed by atoms with Gasteiger partial charge in [0.25, 0.3) is 0 Å². The molecule has 2 rings (SSSR count). The molecule has 0 aromatic carbocycles. The Hall–Kier alpha value is -0.870. The molecular formula is C16H30N4. The molecule has 114 valence electrons. The largest absolute Gasteiger partial charge is 0.331 e. The molecule has 1 saturated heterocycles. The van der Waals surface area contributed by atoms with Crippen molar-refractivity contribution < 1.29 is 0 Å². The molecule has 20 heavy (non-hydrogen) atoms. The second kappa shape index (κ2) is 7.23. The highest BCUT2D eigenvalue weighted by Crippen LogP contribution is 2.35. The first-order chi connectivity index (χ1) is 9.65. The van der Waals surface area contributed by atoms with Gasteiger partial charge in [-0.3, -0.25) is 4.90 Å². The number of rotatable bonds is 6. The second-order valence-electron chi connectivity index (χ2n) is 6.35. The molecule has 2 atom stereocenters. The Morgan fingerprint density at radius 2 is 2.25 bits per heavy atom. The Morgan fingerprint density at radius 3 is 2.95 bits per heavy atom. The number of likely N-dealkylation sites (tertiary alicyclic amines) is 1. The average molecular weight is 278 g/mol. The summed E-state index contributed by atoms with van der Waals surface area (Å²) in [6, 6.07) is 0.977. The van der Waals surface area contributed by atoms with Crippen molar-refractivity contribution in [1.82, 2.24) is 19.8 Å². The van der Waals surface area contributed by atoms with E-state index in [9.17, 15) is 0 Å². The van der Waals surface area contributed by atoms with Gasteiger partial charge in [-0.2, -0.15) is 0 Å². The summed E-state index contributed by atoms with van der Waals surface area (Å²) in [5.41, 5.74) is 1.38. The number of hydrogen-bond donors (Lipinski definition) is 1. The van der Waals surface area contributed by atoms with Crippen molar-refractivity contribution in [3.05, 3.63) is 18.2 Å². The van der Waals surface area contributed by atoms with Crippen molar-refractivity contribution in [3.63, 3.8) is 0 Å². The lowest BCUT2D eigenvalue weighted by atomic mass is 9.87. The molecule has 1 fully saturated rings. The number of nitrogens with zero attached hydrogens (tertiary/aromatic N) is 3.